The number of hydrogen-bond acceptors (Lipinski definition) is 2. The van der Waals surface area contributed by atoms with Crippen LogP contribution >= 0.6 is 0 Å². The van der Waals surface area contributed by atoms with E-state index in [1.165, 1.54) is 0 Å². The largest absolute Gasteiger partial charge is 0.336 e. The summed E-state index contributed by atoms with van der Waals surface area (Å²) in [6.45, 7) is 0. The van der Waals surface area contributed by atoms with Crippen LogP contribution in [-0.4, -0.2) is 16.3 Å². The van der Waals surface area contributed by atoms with Crippen LogP contribution in [-0.2, 0) is 0 Å². The summed E-state index contributed by atoms with van der Waals surface area (Å²) in [6, 6.07) is 0. The van der Waals surface area contributed by atoms with E-state index in [1.807, 2.05) is 6.08 Å². The van der Waals surface area contributed by atoms with E-state index in [1.54, 1.807) is 0 Å². The Hall–Kier alpha value is -1.38. The predicted molar refractivity (Wildman–Crippen MR) is 43.5 cm³/mol. The lowest BCUT2D eigenvalue weighted by molar-refractivity contribution is 0.111. The highest BCUT2D eigenvalue weighted by Gasteiger charge is 1.98. The van der Waals surface area contributed by atoms with Gasteiger partial charge in [0.2, 0.25) is 0 Å². The number of rotatable bonds is 1. The van der Waals surface area contributed by atoms with Crippen LogP contribution in [0.25, 0.3) is 12.2 Å². The number of aromatic amines is 1. The molecule has 0 atom stereocenters. The second-order valence-corrected chi connectivity index (χ2v) is 2.52. The minimum Gasteiger partial charge on any atom is -0.336 e. The summed E-state index contributed by atoms with van der Waals surface area (Å²) in [5, 5.41) is 1.90. The first-order valence-corrected chi connectivity index (χ1v) is 3.62. The summed E-state index contributed by atoms with van der Waals surface area (Å²) in [5.74, 6) is 0.421. The molecule has 58 valence electrons. The molecule has 3 nitrogen and oxygen atoms in total. The van der Waals surface area contributed by atoms with E-state index in [-0.39, 0.29) is 1.43 Å². The molecule has 1 aromatic rings. The van der Waals surface area contributed by atoms with E-state index in [9.17, 15) is 4.79 Å². The van der Waals surface area contributed by atoms with Crippen molar-refractivity contribution in [3.05, 3.63) is 16.5 Å². The Bertz CT molecular complexity index is 360. The number of nitrogens with one attached hydrogen (secondary N) is 1. The molecule has 1 aliphatic rings. The molecule has 1 aromatic heterocycles. The zero-order valence-electron chi connectivity index (χ0n) is 6.00. The van der Waals surface area contributed by atoms with Gasteiger partial charge in [-0.3, -0.25) is 4.79 Å². The number of H-pyrrole nitrogens is 1. The SMILES string of the molecule is O=Cc1nc2c([nH]1)=CCCC=2.[HH]. The van der Waals surface area contributed by atoms with Crippen molar-refractivity contribution >= 4 is 18.4 Å². The van der Waals surface area contributed by atoms with Gasteiger partial charge < -0.3 is 4.98 Å². The van der Waals surface area contributed by atoms with Crippen LogP contribution in [0.3, 0.4) is 0 Å². The molecular formula is C8H10N2O. The Morgan fingerprint density at radius 2 is 2.36 bits per heavy atom. The summed E-state index contributed by atoms with van der Waals surface area (Å²) >= 11 is 0. The molecule has 1 heterocycles. The lowest BCUT2D eigenvalue weighted by atomic mass is 10.2. The van der Waals surface area contributed by atoms with E-state index in [0.29, 0.717) is 5.82 Å². The van der Waals surface area contributed by atoms with Crippen molar-refractivity contribution in [1.82, 2.24) is 9.97 Å². The van der Waals surface area contributed by atoms with Gasteiger partial charge >= 0.3 is 0 Å². The van der Waals surface area contributed by atoms with Gasteiger partial charge in [0.25, 0.3) is 0 Å². The summed E-state index contributed by atoms with van der Waals surface area (Å²) < 4.78 is 0. The van der Waals surface area contributed by atoms with Gasteiger partial charge in [-0.1, -0.05) is 12.2 Å². The molecule has 0 unspecified atom stereocenters. The molecule has 0 saturated carbocycles. The molecule has 0 radical (unpaired) electrons. The highest BCUT2D eigenvalue weighted by molar-refractivity contribution is 5.68. The lowest BCUT2D eigenvalue weighted by Crippen LogP contribution is -2.26. The number of hydrogen-bond donors (Lipinski definition) is 1. The first kappa shape index (κ1) is 6.34. The topological polar surface area (TPSA) is 45.8 Å². The Morgan fingerprint density at radius 1 is 1.55 bits per heavy atom. The third-order valence-corrected chi connectivity index (χ3v) is 1.74. The maximum atomic E-state index is 10.3. The highest BCUT2D eigenvalue weighted by Crippen LogP contribution is 1.93. The molecule has 0 bridgehead atoms. The van der Waals surface area contributed by atoms with Crippen LogP contribution in [0.1, 0.15) is 24.9 Å². The van der Waals surface area contributed by atoms with Gasteiger partial charge in [-0.15, -0.1) is 0 Å². The van der Waals surface area contributed by atoms with E-state index >= 15 is 0 Å². The van der Waals surface area contributed by atoms with Crippen molar-refractivity contribution in [1.29, 1.82) is 0 Å². The number of aldehydes is 1. The average Bonchev–Trinajstić information content (AvgIpc) is 2.46. The molecule has 0 aromatic carbocycles. The second-order valence-electron chi connectivity index (χ2n) is 2.52. The van der Waals surface area contributed by atoms with Gasteiger partial charge in [0.1, 0.15) is 0 Å². The van der Waals surface area contributed by atoms with Crippen molar-refractivity contribution in [2.45, 2.75) is 12.8 Å². The maximum absolute atomic E-state index is 10.3. The smallest absolute Gasteiger partial charge is 0.185 e. The zero-order chi connectivity index (χ0) is 7.68. The Morgan fingerprint density at radius 3 is 3.09 bits per heavy atom. The van der Waals surface area contributed by atoms with Gasteiger partial charge in [0, 0.05) is 1.43 Å². The van der Waals surface area contributed by atoms with Crippen molar-refractivity contribution in [3.8, 4) is 0 Å². The van der Waals surface area contributed by atoms with Crippen LogP contribution in [0.4, 0.5) is 0 Å². The van der Waals surface area contributed by atoms with E-state index in [2.05, 4.69) is 16.0 Å². The number of aromatic nitrogens is 2. The van der Waals surface area contributed by atoms with Crippen molar-refractivity contribution in [2.75, 3.05) is 0 Å². The number of carbonyl (C=O) groups is 1. The van der Waals surface area contributed by atoms with Gasteiger partial charge in [-0.2, -0.15) is 0 Å². The fourth-order valence-corrected chi connectivity index (χ4v) is 1.23. The van der Waals surface area contributed by atoms with Crippen molar-refractivity contribution in [2.24, 2.45) is 0 Å². The fourth-order valence-electron chi connectivity index (χ4n) is 1.23. The van der Waals surface area contributed by atoms with E-state index < -0.39 is 0 Å². The lowest BCUT2D eigenvalue weighted by Gasteiger charge is -1.89. The molecule has 1 aliphatic carbocycles. The molecule has 0 saturated heterocycles. The Labute approximate surface area is 64.9 Å². The molecule has 0 aliphatic heterocycles. The average molecular weight is 150 g/mol. The van der Waals surface area contributed by atoms with Crippen molar-refractivity contribution < 1.29 is 6.22 Å². The number of nitrogens with zero attached hydrogens (tertiary/aromatic N) is 1. The fraction of sp³-hybridized carbons (Fsp3) is 0.250. The maximum Gasteiger partial charge on any atom is 0.185 e. The number of fused-ring (bicyclic) bond motifs is 1. The molecule has 11 heavy (non-hydrogen) atoms. The first-order valence-electron chi connectivity index (χ1n) is 3.62. The van der Waals surface area contributed by atoms with Gasteiger partial charge in [0.15, 0.2) is 12.1 Å². The summed E-state index contributed by atoms with van der Waals surface area (Å²) in [4.78, 5) is 17.3. The van der Waals surface area contributed by atoms with Crippen LogP contribution < -0.4 is 10.7 Å². The second kappa shape index (κ2) is 2.34. The minimum atomic E-state index is 0. The van der Waals surface area contributed by atoms with Gasteiger partial charge in [-0.05, 0) is 12.8 Å². The Balaban J connectivity index is 0.000000720. The van der Waals surface area contributed by atoms with Crippen LogP contribution in [0.5, 0.6) is 0 Å². The van der Waals surface area contributed by atoms with E-state index in [0.717, 1.165) is 29.8 Å². The highest BCUT2D eigenvalue weighted by atomic mass is 16.1. The molecule has 3 heteroatoms. The summed E-state index contributed by atoms with van der Waals surface area (Å²) in [6.07, 6.45) is 6.90. The molecule has 2 rings (SSSR count). The monoisotopic (exact) mass is 150 g/mol. The third-order valence-electron chi connectivity index (χ3n) is 1.74. The van der Waals surface area contributed by atoms with E-state index in [4.69, 9.17) is 0 Å². The summed E-state index contributed by atoms with van der Waals surface area (Å²) in [7, 11) is 0. The van der Waals surface area contributed by atoms with Gasteiger partial charge in [-0.25, -0.2) is 4.98 Å². The first-order chi connectivity index (χ1) is 5.40. The molecular weight excluding hydrogens is 140 g/mol. The number of imidazole rings is 1. The number of carbonyl (C=O) groups excluding carboxylic acids is 1. The molecule has 0 amide bonds. The molecule has 0 spiro atoms. The van der Waals surface area contributed by atoms with Gasteiger partial charge in [0.05, 0.1) is 10.7 Å². The summed E-state index contributed by atoms with van der Waals surface area (Å²) in [5.41, 5.74) is 0. The van der Waals surface area contributed by atoms with Crippen LogP contribution in [0, 0.1) is 0 Å². The predicted octanol–water partition coefficient (Wildman–Crippen LogP) is -0.177. The van der Waals surface area contributed by atoms with Crippen LogP contribution in [0.2, 0.25) is 0 Å². The normalized spacial score (nSPS) is 14.5. The zero-order valence-corrected chi connectivity index (χ0v) is 6.00. The minimum absolute atomic E-state index is 0. The Kier molecular flexibility index (Phi) is 1.35. The van der Waals surface area contributed by atoms with Crippen molar-refractivity contribution in [3.63, 3.8) is 0 Å². The molecule has 0 fully saturated rings. The van der Waals surface area contributed by atoms with Crippen LogP contribution in [0.15, 0.2) is 0 Å². The third kappa shape index (κ3) is 0.981. The standard InChI is InChI=1S/C8H8N2O.H2/c11-5-8-9-6-3-1-2-4-7(6)10-8;/h3-5H,1-2H2,(H,9,10);1H. The quantitative estimate of drug-likeness (QED) is 0.564. The molecule has 1 N–H and O–H groups in total.